The van der Waals surface area contributed by atoms with Gasteiger partial charge in [-0.3, -0.25) is 14.2 Å². The van der Waals surface area contributed by atoms with Gasteiger partial charge in [0.25, 0.3) is 0 Å². The van der Waals surface area contributed by atoms with Crippen LogP contribution in [0.15, 0.2) is 24.8 Å². The zero-order valence-electron chi connectivity index (χ0n) is 13.7. The Labute approximate surface area is 130 Å². The zero-order valence-corrected chi connectivity index (χ0v) is 13.7. The first-order valence-electron chi connectivity index (χ1n) is 7.38. The summed E-state index contributed by atoms with van der Waals surface area (Å²) in [5, 5.41) is 11.6. The summed E-state index contributed by atoms with van der Waals surface area (Å²) < 4.78 is 3.62. The van der Waals surface area contributed by atoms with Gasteiger partial charge in [0.05, 0.1) is 25.5 Å². The second kappa shape index (κ2) is 7.22. The third-order valence-electron chi connectivity index (χ3n) is 3.43. The van der Waals surface area contributed by atoms with Crippen molar-refractivity contribution in [1.82, 2.24) is 29.8 Å². The number of carbonyl (C=O) groups excluding carboxylic acids is 1. The number of aromatic nitrogens is 4. The van der Waals surface area contributed by atoms with Crippen LogP contribution in [0.2, 0.25) is 0 Å². The molecule has 2 aromatic heterocycles. The number of amides is 1. The number of likely N-dealkylation sites (N-methyl/N-ethyl adjacent to an activating group) is 1. The highest BCUT2D eigenvalue weighted by Crippen LogP contribution is 2.01. The zero-order chi connectivity index (χ0) is 16.1. The van der Waals surface area contributed by atoms with E-state index in [9.17, 15) is 4.79 Å². The van der Waals surface area contributed by atoms with Crippen molar-refractivity contribution in [3.8, 4) is 0 Å². The molecule has 22 heavy (non-hydrogen) atoms. The lowest BCUT2D eigenvalue weighted by molar-refractivity contribution is -0.129. The van der Waals surface area contributed by atoms with Crippen molar-refractivity contribution in [2.24, 2.45) is 7.05 Å². The molecule has 0 saturated heterocycles. The van der Waals surface area contributed by atoms with Crippen molar-refractivity contribution < 1.29 is 4.79 Å². The molecule has 0 aliphatic heterocycles. The van der Waals surface area contributed by atoms with Gasteiger partial charge in [-0.2, -0.15) is 10.2 Å². The van der Waals surface area contributed by atoms with E-state index in [4.69, 9.17) is 0 Å². The molecule has 0 aliphatic carbocycles. The summed E-state index contributed by atoms with van der Waals surface area (Å²) in [6, 6.07) is 0.176. The number of carbonyl (C=O) groups is 1. The Morgan fingerprint density at radius 2 is 2.14 bits per heavy atom. The Balaban J connectivity index is 1.74. The average Bonchev–Trinajstić information content (AvgIpc) is 3.05. The average molecular weight is 304 g/mol. The molecular formula is C15H24N6O. The highest BCUT2D eigenvalue weighted by molar-refractivity contribution is 5.77. The lowest BCUT2D eigenvalue weighted by Gasteiger charge is -2.19. The number of nitrogens with one attached hydrogen (secondary N) is 1. The quantitative estimate of drug-likeness (QED) is 0.812. The minimum absolute atomic E-state index is 0.0624. The summed E-state index contributed by atoms with van der Waals surface area (Å²) in [6.45, 7) is 5.69. The van der Waals surface area contributed by atoms with Gasteiger partial charge in [0.1, 0.15) is 0 Å². The number of hydrogen-bond acceptors (Lipinski definition) is 4. The van der Waals surface area contributed by atoms with E-state index in [2.05, 4.69) is 15.5 Å². The van der Waals surface area contributed by atoms with Crippen LogP contribution in [0.4, 0.5) is 0 Å². The number of aryl methyl sites for hydroxylation is 2. The number of rotatable bonds is 7. The van der Waals surface area contributed by atoms with Gasteiger partial charge in [-0.25, -0.2) is 0 Å². The van der Waals surface area contributed by atoms with Gasteiger partial charge in [-0.1, -0.05) is 0 Å². The summed E-state index contributed by atoms with van der Waals surface area (Å²) in [4.78, 5) is 13.8. The van der Waals surface area contributed by atoms with Crippen molar-refractivity contribution in [2.75, 3.05) is 13.6 Å². The molecule has 120 valence electrons. The van der Waals surface area contributed by atoms with Crippen LogP contribution in [0.1, 0.15) is 18.1 Å². The molecule has 7 heteroatoms. The Hall–Kier alpha value is -2.15. The van der Waals surface area contributed by atoms with Gasteiger partial charge in [-0.05, 0) is 19.4 Å². The van der Waals surface area contributed by atoms with Crippen molar-refractivity contribution in [2.45, 2.75) is 33.0 Å². The summed E-state index contributed by atoms with van der Waals surface area (Å²) in [5.41, 5.74) is 2.16. The Kier molecular flexibility index (Phi) is 5.32. The Morgan fingerprint density at radius 1 is 1.36 bits per heavy atom. The maximum atomic E-state index is 12.1. The van der Waals surface area contributed by atoms with E-state index in [0.29, 0.717) is 13.1 Å². The van der Waals surface area contributed by atoms with E-state index >= 15 is 0 Å². The van der Waals surface area contributed by atoms with E-state index in [1.54, 1.807) is 22.8 Å². The summed E-state index contributed by atoms with van der Waals surface area (Å²) in [6.07, 6.45) is 7.52. The number of hydrogen-bond donors (Lipinski definition) is 1. The number of nitrogens with zero attached hydrogens (tertiary/aromatic N) is 5. The molecule has 0 saturated carbocycles. The molecule has 2 heterocycles. The van der Waals surface area contributed by atoms with Gasteiger partial charge >= 0.3 is 0 Å². The Bertz CT molecular complexity index is 617. The van der Waals surface area contributed by atoms with Crippen LogP contribution in [-0.4, -0.2) is 50.0 Å². The molecule has 2 rings (SSSR count). The van der Waals surface area contributed by atoms with Crippen LogP contribution >= 0.6 is 0 Å². The smallest absolute Gasteiger partial charge is 0.236 e. The van der Waals surface area contributed by atoms with E-state index < -0.39 is 0 Å². The standard InChI is InChI=1S/C15H24N6O/c1-12-5-18-21(8-12)9-13(2)16-7-15(22)19(3)10-14-6-17-20(4)11-14/h5-6,8,11,13,16H,7,9-10H2,1-4H3. The van der Waals surface area contributed by atoms with Gasteiger partial charge in [0, 0.05) is 44.6 Å². The van der Waals surface area contributed by atoms with Crippen molar-refractivity contribution in [3.63, 3.8) is 0 Å². The van der Waals surface area contributed by atoms with Crippen LogP contribution in [0.25, 0.3) is 0 Å². The largest absolute Gasteiger partial charge is 0.340 e. The van der Waals surface area contributed by atoms with Crippen LogP contribution in [-0.2, 0) is 24.9 Å². The third-order valence-corrected chi connectivity index (χ3v) is 3.43. The first-order valence-corrected chi connectivity index (χ1v) is 7.38. The molecule has 0 spiro atoms. The van der Waals surface area contributed by atoms with Crippen LogP contribution in [0.3, 0.4) is 0 Å². The molecule has 2 aromatic rings. The second-order valence-electron chi connectivity index (χ2n) is 5.79. The van der Waals surface area contributed by atoms with Crippen LogP contribution in [0, 0.1) is 6.92 Å². The maximum Gasteiger partial charge on any atom is 0.236 e. The first-order chi connectivity index (χ1) is 10.4. The van der Waals surface area contributed by atoms with Gasteiger partial charge in [0.2, 0.25) is 5.91 Å². The molecule has 0 radical (unpaired) electrons. The molecule has 0 aromatic carbocycles. The molecule has 0 aliphatic rings. The van der Waals surface area contributed by atoms with E-state index in [1.165, 1.54) is 0 Å². The summed E-state index contributed by atoms with van der Waals surface area (Å²) in [5.74, 6) is 0.0624. The van der Waals surface area contributed by atoms with Crippen LogP contribution < -0.4 is 5.32 Å². The highest BCUT2D eigenvalue weighted by atomic mass is 16.2. The molecular weight excluding hydrogens is 280 g/mol. The normalized spacial score (nSPS) is 12.4. The molecule has 0 fully saturated rings. The minimum atomic E-state index is 0.0624. The van der Waals surface area contributed by atoms with E-state index in [-0.39, 0.29) is 11.9 Å². The Morgan fingerprint density at radius 3 is 2.73 bits per heavy atom. The predicted molar refractivity (Wildman–Crippen MR) is 84.1 cm³/mol. The highest BCUT2D eigenvalue weighted by Gasteiger charge is 2.12. The summed E-state index contributed by atoms with van der Waals surface area (Å²) in [7, 11) is 3.67. The topological polar surface area (TPSA) is 68.0 Å². The van der Waals surface area contributed by atoms with Crippen LogP contribution in [0.5, 0.6) is 0 Å². The van der Waals surface area contributed by atoms with Gasteiger partial charge < -0.3 is 10.2 Å². The monoisotopic (exact) mass is 304 g/mol. The van der Waals surface area contributed by atoms with E-state index in [0.717, 1.165) is 17.7 Å². The molecule has 1 unspecified atom stereocenters. The fourth-order valence-corrected chi connectivity index (χ4v) is 2.22. The summed E-state index contributed by atoms with van der Waals surface area (Å²) >= 11 is 0. The first kappa shape index (κ1) is 16.2. The van der Waals surface area contributed by atoms with Crippen molar-refractivity contribution >= 4 is 5.91 Å². The SMILES string of the molecule is Cc1cnn(CC(C)NCC(=O)N(C)Cc2cnn(C)c2)c1. The van der Waals surface area contributed by atoms with Crippen molar-refractivity contribution in [1.29, 1.82) is 0 Å². The maximum absolute atomic E-state index is 12.1. The van der Waals surface area contributed by atoms with Gasteiger partial charge in [-0.15, -0.1) is 0 Å². The van der Waals surface area contributed by atoms with Gasteiger partial charge in [0.15, 0.2) is 0 Å². The molecule has 7 nitrogen and oxygen atoms in total. The van der Waals surface area contributed by atoms with Crippen molar-refractivity contribution in [3.05, 3.63) is 35.9 Å². The fourth-order valence-electron chi connectivity index (χ4n) is 2.22. The molecule has 1 amide bonds. The fraction of sp³-hybridized carbons (Fsp3) is 0.533. The molecule has 1 N–H and O–H groups in total. The van der Waals surface area contributed by atoms with E-state index in [1.807, 2.05) is 44.2 Å². The predicted octanol–water partition coefficient (Wildman–Crippen LogP) is 0.562. The minimum Gasteiger partial charge on any atom is -0.340 e. The second-order valence-corrected chi connectivity index (χ2v) is 5.79. The molecule has 0 bridgehead atoms. The molecule has 1 atom stereocenters. The third kappa shape index (κ3) is 4.70. The lowest BCUT2D eigenvalue weighted by atomic mass is 10.3. The lowest BCUT2D eigenvalue weighted by Crippen LogP contribution is -2.40.